The summed E-state index contributed by atoms with van der Waals surface area (Å²) < 4.78 is 6.84. The summed E-state index contributed by atoms with van der Waals surface area (Å²) in [7, 11) is 1.54. The van der Waals surface area contributed by atoms with Crippen LogP contribution in [0.15, 0.2) is 39.3 Å². The van der Waals surface area contributed by atoms with Crippen molar-refractivity contribution in [2.75, 3.05) is 7.11 Å². The lowest BCUT2D eigenvalue weighted by Crippen LogP contribution is -2.04. The van der Waals surface area contributed by atoms with Gasteiger partial charge in [-0.05, 0) is 40.2 Å². The number of benzene rings is 2. The number of aliphatic hydroxyl groups excluding tert-OH is 1. The summed E-state index contributed by atoms with van der Waals surface area (Å²) in [6.07, 6.45) is -0.930. The Bertz CT molecular complexity index is 647. The molecule has 0 bridgehead atoms. The first kappa shape index (κ1) is 16.1. The topological polar surface area (TPSA) is 29.5 Å². The molecule has 0 saturated heterocycles. The van der Waals surface area contributed by atoms with Gasteiger partial charge < -0.3 is 9.84 Å². The van der Waals surface area contributed by atoms with E-state index in [1.807, 2.05) is 6.07 Å². The van der Waals surface area contributed by atoms with E-state index in [9.17, 15) is 5.11 Å². The van der Waals surface area contributed by atoms with E-state index >= 15 is 0 Å². The van der Waals surface area contributed by atoms with E-state index in [-0.39, 0.29) is 0 Å². The summed E-state index contributed by atoms with van der Waals surface area (Å²) in [4.78, 5) is 0. The molecule has 0 amide bonds. The van der Waals surface area contributed by atoms with E-state index in [2.05, 4.69) is 31.9 Å². The maximum atomic E-state index is 10.6. The Kier molecular flexibility index (Phi) is 5.37. The van der Waals surface area contributed by atoms with Crippen molar-refractivity contribution in [1.82, 2.24) is 0 Å². The van der Waals surface area contributed by atoms with Gasteiger partial charge in [-0.1, -0.05) is 45.2 Å². The van der Waals surface area contributed by atoms with Gasteiger partial charge in [0.2, 0.25) is 0 Å². The highest BCUT2D eigenvalue weighted by atomic mass is 79.9. The Hall–Kier alpha value is -0.260. The maximum absolute atomic E-state index is 10.6. The quantitative estimate of drug-likeness (QED) is 0.672. The van der Waals surface area contributed by atoms with Crippen LogP contribution in [0, 0.1) is 0 Å². The summed E-state index contributed by atoms with van der Waals surface area (Å²) in [6, 6.07) is 8.67. The third-order valence-electron chi connectivity index (χ3n) is 2.79. The van der Waals surface area contributed by atoms with Gasteiger partial charge in [0.15, 0.2) is 0 Å². The molecule has 2 nitrogen and oxygen atoms in total. The zero-order chi connectivity index (χ0) is 14.9. The molecule has 0 heterocycles. The standard InChI is InChI=1S/C14H10Br2Cl2O2/c1-20-14-10(5-8(17)6-11(14)16)13(19)9-3-2-7(15)4-12(9)18/h2-6,13,19H,1H3. The number of methoxy groups -OCH3 is 1. The van der Waals surface area contributed by atoms with E-state index in [4.69, 9.17) is 27.9 Å². The van der Waals surface area contributed by atoms with Crippen LogP contribution in [-0.4, -0.2) is 12.2 Å². The Morgan fingerprint density at radius 3 is 2.40 bits per heavy atom. The molecule has 1 N–H and O–H groups in total. The van der Waals surface area contributed by atoms with Crippen molar-refractivity contribution >= 4 is 55.1 Å². The second-order valence-corrected chi connectivity index (χ2v) is 6.69. The zero-order valence-corrected chi connectivity index (χ0v) is 15.0. The summed E-state index contributed by atoms with van der Waals surface area (Å²) in [5, 5.41) is 11.5. The number of hydrogen-bond donors (Lipinski definition) is 1. The largest absolute Gasteiger partial charge is 0.495 e. The first-order valence-electron chi connectivity index (χ1n) is 5.60. The number of ether oxygens (including phenoxy) is 1. The lowest BCUT2D eigenvalue weighted by Gasteiger charge is -2.18. The average Bonchev–Trinajstić information content (AvgIpc) is 2.37. The van der Waals surface area contributed by atoms with Crippen molar-refractivity contribution in [3.05, 3.63) is 60.4 Å². The van der Waals surface area contributed by atoms with E-state index in [1.54, 1.807) is 24.3 Å². The summed E-state index contributed by atoms with van der Waals surface area (Å²) >= 11 is 18.9. The van der Waals surface area contributed by atoms with Gasteiger partial charge >= 0.3 is 0 Å². The van der Waals surface area contributed by atoms with Gasteiger partial charge in [0.25, 0.3) is 0 Å². The molecule has 6 heteroatoms. The first-order valence-corrected chi connectivity index (χ1v) is 7.94. The third kappa shape index (κ3) is 3.31. The number of aliphatic hydroxyl groups is 1. The Balaban J connectivity index is 2.55. The Morgan fingerprint density at radius 1 is 1.10 bits per heavy atom. The summed E-state index contributed by atoms with van der Waals surface area (Å²) in [5.74, 6) is 0.529. The van der Waals surface area contributed by atoms with Crippen molar-refractivity contribution in [3.63, 3.8) is 0 Å². The second-order valence-electron chi connectivity index (χ2n) is 4.08. The van der Waals surface area contributed by atoms with Crippen LogP contribution in [-0.2, 0) is 0 Å². The Morgan fingerprint density at radius 2 is 1.80 bits per heavy atom. The van der Waals surface area contributed by atoms with Crippen LogP contribution in [0.2, 0.25) is 10.0 Å². The van der Waals surface area contributed by atoms with Gasteiger partial charge in [-0.25, -0.2) is 0 Å². The van der Waals surface area contributed by atoms with Gasteiger partial charge in [-0.3, -0.25) is 0 Å². The van der Waals surface area contributed by atoms with Crippen molar-refractivity contribution < 1.29 is 9.84 Å². The molecular weight excluding hydrogens is 431 g/mol. The lowest BCUT2D eigenvalue weighted by atomic mass is 10.0. The number of halogens is 4. The third-order valence-corrected chi connectivity index (χ3v) is 4.42. The van der Waals surface area contributed by atoms with Crippen molar-refractivity contribution in [1.29, 1.82) is 0 Å². The maximum Gasteiger partial charge on any atom is 0.139 e. The molecule has 2 rings (SSSR count). The molecule has 1 unspecified atom stereocenters. The van der Waals surface area contributed by atoms with Gasteiger partial charge in [-0.2, -0.15) is 0 Å². The fourth-order valence-corrected chi connectivity index (χ4v) is 3.66. The molecule has 2 aromatic rings. The monoisotopic (exact) mass is 438 g/mol. The van der Waals surface area contributed by atoms with E-state index in [0.29, 0.717) is 31.4 Å². The van der Waals surface area contributed by atoms with Crippen LogP contribution < -0.4 is 4.74 Å². The average molecular weight is 441 g/mol. The van der Waals surface area contributed by atoms with E-state index in [0.717, 1.165) is 4.47 Å². The molecule has 0 aromatic heterocycles. The summed E-state index contributed by atoms with van der Waals surface area (Å²) in [6.45, 7) is 0. The highest BCUT2D eigenvalue weighted by Gasteiger charge is 2.20. The predicted molar refractivity (Wildman–Crippen MR) is 88.9 cm³/mol. The molecule has 20 heavy (non-hydrogen) atoms. The molecule has 1 atom stereocenters. The lowest BCUT2D eigenvalue weighted by molar-refractivity contribution is 0.214. The molecule has 0 aliphatic heterocycles. The van der Waals surface area contributed by atoms with Gasteiger partial charge in [0.1, 0.15) is 11.9 Å². The molecule has 0 aliphatic carbocycles. The smallest absolute Gasteiger partial charge is 0.139 e. The number of hydrogen-bond acceptors (Lipinski definition) is 2. The number of rotatable bonds is 3. The fraction of sp³-hybridized carbons (Fsp3) is 0.143. The first-order chi connectivity index (χ1) is 9.43. The minimum atomic E-state index is -0.930. The van der Waals surface area contributed by atoms with Crippen LogP contribution in [0.5, 0.6) is 5.75 Å². The van der Waals surface area contributed by atoms with Gasteiger partial charge in [-0.15, -0.1) is 0 Å². The zero-order valence-electron chi connectivity index (χ0n) is 10.3. The van der Waals surface area contributed by atoms with Crippen molar-refractivity contribution in [3.8, 4) is 5.75 Å². The minimum absolute atomic E-state index is 0.463. The SMILES string of the molecule is COc1c(Br)cc(Cl)cc1C(O)c1ccc(Br)cc1Cl. The summed E-state index contributed by atoms with van der Waals surface area (Å²) in [5.41, 5.74) is 1.14. The van der Waals surface area contributed by atoms with Crippen LogP contribution in [0.3, 0.4) is 0 Å². The highest BCUT2D eigenvalue weighted by molar-refractivity contribution is 9.10. The van der Waals surface area contributed by atoms with Crippen molar-refractivity contribution in [2.24, 2.45) is 0 Å². The highest BCUT2D eigenvalue weighted by Crippen LogP contribution is 2.40. The van der Waals surface area contributed by atoms with Gasteiger partial charge in [0, 0.05) is 25.6 Å². The van der Waals surface area contributed by atoms with Crippen LogP contribution >= 0.6 is 55.1 Å². The van der Waals surface area contributed by atoms with Crippen LogP contribution in [0.4, 0.5) is 0 Å². The molecule has 2 aromatic carbocycles. The molecule has 0 spiro atoms. The molecule has 0 radical (unpaired) electrons. The van der Waals surface area contributed by atoms with Gasteiger partial charge in [0.05, 0.1) is 11.6 Å². The van der Waals surface area contributed by atoms with E-state index < -0.39 is 6.10 Å². The van der Waals surface area contributed by atoms with Crippen LogP contribution in [0.1, 0.15) is 17.2 Å². The molecule has 0 aliphatic rings. The predicted octanol–water partition coefficient (Wildman–Crippen LogP) is 5.61. The molecule has 0 saturated carbocycles. The molecule has 0 fully saturated rings. The Labute approximate surface area is 143 Å². The normalized spacial score (nSPS) is 12.3. The fourth-order valence-electron chi connectivity index (χ4n) is 1.89. The van der Waals surface area contributed by atoms with Crippen molar-refractivity contribution in [2.45, 2.75) is 6.10 Å². The minimum Gasteiger partial charge on any atom is -0.495 e. The van der Waals surface area contributed by atoms with E-state index in [1.165, 1.54) is 7.11 Å². The molecule has 106 valence electrons. The van der Waals surface area contributed by atoms with Crippen LogP contribution in [0.25, 0.3) is 0 Å². The molecular formula is C14H10Br2Cl2O2. The second kappa shape index (κ2) is 6.67.